The van der Waals surface area contributed by atoms with E-state index in [0.29, 0.717) is 18.0 Å². The van der Waals surface area contributed by atoms with Gasteiger partial charge in [-0.2, -0.15) is 0 Å². The Balaban J connectivity index is 0.00000242. The number of anilines is 1. The number of hydrogen-bond donors (Lipinski definition) is 2. The van der Waals surface area contributed by atoms with Gasteiger partial charge in [-0.15, -0.1) is 12.4 Å². The summed E-state index contributed by atoms with van der Waals surface area (Å²) in [6.45, 7) is 4.08. The molecule has 1 aromatic rings. The van der Waals surface area contributed by atoms with E-state index < -0.39 is 6.43 Å². The summed E-state index contributed by atoms with van der Waals surface area (Å²) < 4.78 is 25.2. The van der Waals surface area contributed by atoms with Crippen LogP contribution in [-0.4, -0.2) is 19.0 Å². The maximum atomic E-state index is 12.6. The van der Waals surface area contributed by atoms with Crippen LogP contribution in [0.2, 0.25) is 0 Å². The van der Waals surface area contributed by atoms with Crippen LogP contribution < -0.4 is 10.6 Å². The van der Waals surface area contributed by atoms with Gasteiger partial charge in [0, 0.05) is 17.7 Å². The number of nitrogens with one attached hydrogen (secondary N) is 2. The summed E-state index contributed by atoms with van der Waals surface area (Å²) in [6.07, 6.45) is 0.190. The molecule has 1 aliphatic rings. The molecule has 1 amide bonds. The quantitative estimate of drug-likeness (QED) is 0.855. The zero-order valence-corrected chi connectivity index (χ0v) is 13.5. The van der Waals surface area contributed by atoms with Crippen molar-refractivity contribution in [3.63, 3.8) is 0 Å². The minimum Gasteiger partial charge on any atom is -0.326 e. The monoisotopic (exact) mass is 332 g/mol. The summed E-state index contributed by atoms with van der Waals surface area (Å²) in [5.74, 6) is 0.687. The first-order chi connectivity index (χ1) is 10.1. The first kappa shape index (κ1) is 18.8. The number of halogens is 3. The van der Waals surface area contributed by atoms with E-state index in [2.05, 4.69) is 17.6 Å². The van der Waals surface area contributed by atoms with E-state index in [-0.39, 0.29) is 29.8 Å². The second kappa shape index (κ2) is 9.06. The highest BCUT2D eigenvalue weighted by Gasteiger charge is 2.22. The van der Waals surface area contributed by atoms with Gasteiger partial charge in [-0.25, -0.2) is 8.78 Å². The molecule has 0 bridgehead atoms. The number of carbonyl (C=O) groups is 1. The molecule has 1 aliphatic heterocycles. The molecule has 1 fully saturated rings. The minimum atomic E-state index is -2.52. The van der Waals surface area contributed by atoms with Crippen LogP contribution in [0.25, 0.3) is 0 Å². The molecule has 2 rings (SSSR count). The minimum absolute atomic E-state index is 0. The highest BCUT2D eigenvalue weighted by Crippen LogP contribution is 2.24. The Labute approximate surface area is 136 Å². The van der Waals surface area contributed by atoms with Crippen molar-refractivity contribution in [2.24, 2.45) is 11.8 Å². The molecule has 0 radical (unpaired) electrons. The van der Waals surface area contributed by atoms with Crippen LogP contribution in [0.4, 0.5) is 14.5 Å². The van der Waals surface area contributed by atoms with Gasteiger partial charge in [0.05, 0.1) is 0 Å². The summed E-state index contributed by atoms with van der Waals surface area (Å²) in [7, 11) is 0. The molecule has 0 saturated carbocycles. The van der Waals surface area contributed by atoms with Gasteiger partial charge < -0.3 is 10.6 Å². The van der Waals surface area contributed by atoms with Gasteiger partial charge in [-0.05, 0) is 49.9 Å². The van der Waals surface area contributed by atoms with Crippen LogP contribution in [0.1, 0.15) is 38.2 Å². The summed E-state index contributed by atoms with van der Waals surface area (Å²) in [5, 5.41) is 6.06. The molecule has 124 valence electrons. The van der Waals surface area contributed by atoms with Crippen LogP contribution >= 0.6 is 12.4 Å². The predicted octanol–water partition coefficient (Wildman–Crippen LogP) is 4.01. The third-order valence-electron chi connectivity index (χ3n) is 4.07. The molecule has 0 aliphatic carbocycles. The Morgan fingerprint density at radius 2 is 2.23 bits per heavy atom. The van der Waals surface area contributed by atoms with Crippen LogP contribution in [0, 0.1) is 11.8 Å². The van der Waals surface area contributed by atoms with Crippen molar-refractivity contribution in [1.82, 2.24) is 5.32 Å². The number of carbonyl (C=O) groups excluding carboxylic acids is 1. The molecular weight excluding hydrogens is 310 g/mol. The number of rotatable bonds is 5. The third-order valence-corrected chi connectivity index (χ3v) is 4.07. The fourth-order valence-corrected chi connectivity index (χ4v) is 2.79. The lowest BCUT2D eigenvalue weighted by atomic mass is 9.85. The summed E-state index contributed by atoms with van der Waals surface area (Å²) in [6, 6.07) is 5.86. The molecule has 0 aromatic heterocycles. The van der Waals surface area contributed by atoms with Crippen molar-refractivity contribution in [3.05, 3.63) is 29.8 Å². The van der Waals surface area contributed by atoms with E-state index in [1.54, 1.807) is 6.07 Å². The SMILES string of the molecule is CC(CC(=O)Nc1cccc(C(F)F)c1)C1CCCNC1.Cl. The van der Waals surface area contributed by atoms with Crippen molar-refractivity contribution in [2.45, 2.75) is 32.6 Å². The lowest BCUT2D eigenvalue weighted by molar-refractivity contribution is -0.117. The Kier molecular flexibility index (Phi) is 7.76. The highest BCUT2D eigenvalue weighted by atomic mass is 35.5. The zero-order chi connectivity index (χ0) is 15.2. The first-order valence-electron chi connectivity index (χ1n) is 7.45. The van der Waals surface area contributed by atoms with E-state index in [0.717, 1.165) is 25.9 Å². The fraction of sp³-hybridized carbons (Fsp3) is 0.562. The first-order valence-corrected chi connectivity index (χ1v) is 7.45. The third kappa shape index (κ3) is 5.54. The Bertz CT molecular complexity index is 479. The maximum Gasteiger partial charge on any atom is 0.263 e. The van der Waals surface area contributed by atoms with Crippen molar-refractivity contribution >= 4 is 24.0 Å². The van der Waals surface area contributed by atoms with E-state index in [9.17, 15) is 13.6 Å². The van der Waals surface area contributed by atoms with Gasteiger partial charge in [0.25, 0.3) is 6.43 Å². The van der Waals surface area contributed by atoms with Gasteiger partial charge in [0.15, 0.2) is 0 Å². The normalized spacial score (nSPS) is 19.4. The molecule has 2 unspecified atom stereocenters. The number of benzene rings is 1. The average Bonchev–Trinajstić information content (AvgIpc) is 2.48. The number of piperidine rings is 1. The summed E-state index contributed by atoms with van der Waals surface area (Å²) in [4.78, 5) is 12.0. The summed E-state index contributed by atoms with van der Waals surface area (Å²) >= 11 is 0. The van der Waals surface area contributed by atoms with Gasteiger partial charge in [-0.1, -0.05) is 19.1 Å². The maximum absolute atomic E-state index is 12.6. The van der Waals surface area contributed by atoms with Crippen molar-refractivity contribution in [1.29, 1.82) is 0 Å². The molecule has 22 heavy (non-hydrogen) atoms. The molecular formula is C16H23ClF2N2O. The molecule has 3 nitrogen and oxygen atoms in total. The Morgan fingerprint density at radius 3 is 2.86 bits per heavy atom. The largest absolute Gasteiger partial charge is 0.326 e. The second-order valence-electron chi connectivity index (χ2n) is 5.76. The predicted molar refractivity (Wildman–Crippen MR) is 86.7 cm³/mol. The molecule has 1 saturated heterocycles. The van der Waals surface area contributed by atoms with E-state index in [4.69, 9.17) is 0 Å². The van der Waals surface area contributed by atoms with Crippen LogP contribution in [0.5, 0.6) is 0 Å². The number of alkyl halides is 2. The van der Waals surface area contributed by atoms with Gasteiger partial charge in [0.2, 0.25) is 5.91 Å². The molecule has 1 heterocycles. The molecule has 2 atom stereocenters. The van der Waals surface area contributed by atoms with E-state index in [1.165, 1.54) is 18.2 Å². The van der Waals surface area contributed by atoms with E-state index >= 15 is 0 Å². The van der Waals surface area contributed by atoms with Crippen molar-refractivity contribution < 1.29 is 13.6 Å². The standard InChI is InChI=1S/C16H22F2N2O.ClH/c1-11(13-5-3-7-19-10-13)8-15(21)20-14-6-2-4-12(9-14)16(17)18;/h2,4,6,9,11,13,16,19H,3,5,7-8,10H2,1H3,(H,20,21);1H. The smallest absolute Gasteiger partial charge is 0.263 e. The van der Waals surface area contributed by atoms with Gasteiger partial charge >= 0.3 is 0 Å². The molecule has 1 aromatic carbocycles. The topological polar surface area (TPSA) is 41.1 Å². The van der Waals surface area contributed by atoms with E-state index in [1.807, 2.05) is 0 Å². The van der Waals surface area contributed by atoms with Crippen LogP contribution in [0.3, 0.4) is 0 Å². The van der Waals surface area contributed by atoms with Gasteiger partial charge in [-0.3, -0.25) is 4.79 Å². The highest BCUT2D eigenvalue weighted by molar-refractivity contribution is 5.90. The second-order valence-corrected chi connectivity index (χ2v) is 5.76. The number of amides is 1. The van der Waals surface area contributed by atoms with Crippen molar-refractivity contribution in [3.8, 4) is 0 Å². The van der Waals surface area contributed by atoms with Gasteiger partial charge in [0.1, 0.15) is 0 Å². The van der Waals surface area contributed by atoms with Crippen molar-refractivity contribution in [2.75, 3.05) is 18.4 Å². The molecule has 6 heteroatoms. The average molecular weight is 333 g/mol. The lowest BCUT2D eigenvalue weighted by Gasteiger charge is -2.28. The molecule has 2 N–H and O–H groups in total. The number of hydrogen-bond acceptors (Lipinski definition) is 2. The Morgan fingerprint density at radius 1 is 1.45 bits per heavy atom. The summed E-state index contributed by atoms with van der Waals surface area (Å²) in [5.41, 5.74) is 0.365. The fourth-order valence-electron chi connectivity index (χ4n) is 2.79. The Hall–Kier alpha value is -1.20. The molecule has 0 spiro atoms. The lowest BCUT2D eigenvalue weighted by Crippen LogP contribution is -2.34. The van der Waals surface area contributed by atoms with Crippen LogP contribution in [-0.2, 0) is 4.79 Å². The zero-order valence-electron chi connectivity index (χ0n) is 12.6. The van der Waals surface area contributed by atoms with Crippen LogP contribution in [0.15, 0.2) is 24.3 Å².